The standard InChI is InChI=1S/C26H54O/c1-19(2)15-17-21(23(5,6)7)25(11,12)27-26(13,14)22(24(8,9)10)18-16-20(3)4/h19-22H,15-18H2,1-14H3. The summed E-state index contributed by atoms with van der Waals surface area (Å²) in [5.41, 5.74) is 0.198. The third-order valence-electron chi connectivity index (χ3n) is 6.36. The maximum Gasteiger partial charge on any atom is 0.0666 e. The summed E-state index contributed by atoms with van der Waals surface area (Å²) < 4.78 is 7.07. The van der Waals surface area contributed by atoms with Crippen LogP contribution in [0.25, 0.3) is 0 Å². The summed E-state index contributed by atoms with van der Waals surface area (Å²) in [5, 5.41) is 0. The van der Waals surface area contributed by atoms with Gasteiger partial charge in [-0.25, -0.2) is 0 Å². The fourth-order valence-electron chi connectivity index (χ4n) is 5.47. The van der Waals surface area contributed by atoms with E-state index in [-0.39, 0.29) is 22.0 Å². The summed E-state index contributed by atoms with van der Waals surface area (Å²) in [5.74, 6) is 2.56. The van der Waals surface area contributed by atoms with Gasteiger partial charge in [0, 0.05) is 0 Å². The maximum atomic E-state index is 7.07. The molecule has 0 N–H and O–H groups in total. The summed E-state index contributed by atoms with van der Waals surface area (Å²) in [6.07, 6.45) is 5.00. The van der Waals surface area contributed by atoms with E-state index in [2.05, 4.69) is 96.9 Å². The van der Waals surface area contributed by atoms with E-state index in [1.54, 1.807) is 0 Å². The van der Waals surface area contributed by atoms with Crippen LogP contribution < -0.4 is 0 Å². The molecule has 0 aliphatic rings. The van der Waals surface area contributed by atoms with Gasteiger partial charge in [-0.2, -0.15) is 0 Å². The molecule has 1 nitrogen and oxygen atoms in total. The zero-order valence-electron chi connectivity index (χ0n) is 21.5. The Morgan fingerprint density at radius 3 is 0.926 bits per heavy atom. The van der Waals surface area contributed by atoms with Gasteiger partial charge in [0.1, 0.15) is 0 Å². The van der Waals surface area contributed by atoms with Crippen LogP contribution in [0.15, 0.2) is 0 Å². The van der Waals surface area contributed by atoms with Gasteiger partial charge in [-0.3, -0.25) is 0 Å². The second-order valence-electron chi connectivity index (χ2n) is 13.1. The van der Waals surface area contributed by atoms with Gasteiger partial charge in [0.25, 0.3) is 0 Å². The maximum absolute atomic E-state index is 7.07. The quantitative estimate of drug-likeness (QED) is 0.367. The molecule has 1 heteroatoms. The fraction of sp³-hybridized carbons (Fsp3) is 1.00. The molecule has 164 valence electrons. The van der Waals surface area contributed by atoms with Crippen LogP contribution in [0, 0.1) is 34.5 Å². The van der Waals surface area contributed by atoms with Crippen LogP contribution in [0.1, 0.15) is 123 Å². The first-order valence-electron chi connectivity index (χ1n) is 11.5. The second kappa shape index (κ2) is 9.64. The van der Waals surface area contributed by atoms with E-state index in [0.29, 0.717) is 11.8 Å². The van der Waals surface area contributed by atoms with Crippen molar-refractivity contribution in [2.75, 3.05) is 0 Å². The van der Waals surface area contributed by atoms with E-state index >= 15 is 0 Å². The lowest BCUT2D eigenvalue weighted by molar-refractivity contribution is -0.204. The van der Waals surface area contributed by atoms with Crippen LogP contribution in [-0.4, -0.2) is 11.2 Å². The van der Waals surface area contributed by atoms with E-state index in [9.17, 15) is 0 Å². The normalized spacial score (nSPS) is 16.9. The van der Waals surface area contributed by atoms with Gasteiger partial charge in [-0.1, -0.05) is 82.1 Å². The van der Waals surface area contributed by atoms with Crippen molar-refractivity contribution in [3.63, 3.8) is 0 Å². The molecule has 0 spiro atoms. The second-order valence-corrected chi connectivity index (χ2v) is 13.1. The van der Waals surface area contributed by atoms with Crippen LogP contribution in [-0.2, 0) is 4.74 Å². The third-order valence-corrected chi connectivity index (χ3v) is 6.36. The molecule has 0 fully saturated rings. The van der Waals surface area contributed by atoms with Crippen molar-refractivity contribution >= 4 is 0 Å². The Labute approximate surface area is 173 Å². The molecule has 0 bridgehead atoms. The molecule has 0 saturated carbocycles. The van der Waals surface area contributed by atoms with Crippen molar-refractivity contribution < 1.29 is 4.74 Å². The minimum absolute atomic E-state index is 0.141. The average molecular weight is 383 g/mol. The molecule has 0 saturated heterocycles. The number of hydrogen-bond donors (Lipinski definition) is 0. The monoisotopic (exact) mass is 382 g/mol. The molecule has 0 radical (unpaired) electrons. The van der Waals surface area contributed by atoms with Crippen LogP contribution in [0.5, 0.6) is 0 Å². The number of rotatable bonds is 10. The SMILES string of the molecule is CC(C)CCC(C(C)(C)C)C(C)(C)OC(C)(C)C(CCC(C)C)C(C)(C)C. The van der Waals surface area contributed by atoms with Crippen molar-refractivity contribution in [3.05, 3.63) is 0 Å². The summed E-state index contributed by atoms with van der Waals surface area (Å²) in [6, 6.07) is 0. The molecule has 0 aromatic rings. The van der Waals surface area contributed by atoms with E-state index in [1.807, 2.05) is 0 Å². The van der Waals surface area contributed by atoms with Crippen molar-refractivity contribution in [2.24, 2.45) is 34.5 Å². The minimum atomic E-state index is -0.141. The largest absolute Gasteiger partial charge is 0.369 e. The Morgan fingerprint density at radius 2 is 0.741 bits per heavy atom. The highest BCUT2D eigenvalue weighted by atomic mass is 16.5. The van der Waals surface area contributed by atoms with Crippen molar-refractivity contribution in [1.82, 2.24) is 0 Å². The van der Waals surface area contributed by atoms with Gasteiger partial charge >= 0.3 is 0 Å². The van der Waals surface area contributed by atoms with Gasteiger partial charge in [0.05, 0.1) is 11.2 Å². The van der Waals surface area contributed by atoms with Crippen LogP contribution in [0.4, 0.5) is 0 Å². The molecule has 0 rings (SSSR count). The Morgan fingerprint density at radius 1 is 0.481 bits per heavy atom. The van der Waals surface area contributed by atoms with Gasteiger partial charge in [-0.15, -0.1) is 0 Å². The molecule has 0 amide bonds. The molecular formula is C26H54O. The predicted molar refractivity (Wildman–Crippen MR) is 123 cm³/mol. The molecule has 0 aromatic carbocycles. The van der Waals surface area contributed by atoms with Crippen molar-refractivity contribution in [1.29, 1.82) is 0 Å². The Balaban J connectivity index is 5.63. The average Bonchev–Trinajstić information content (AvgIpc) is 2.31. The first-order chi connectivity index (χ1) is 11.8. The number of ether oxygens (including phenoxy) is 1. The summed E-state index contributed by atoms with van der Waals surface area (Å²) in [6.45, 7) is 33.0. The lowest BCUT2D eigenvalue weighted by Crippen LogP contribution is -2.52. The zero-order chi connectivity index (χ0) is 21.8. The highest BCUT2D eigenvalue weighted by Crippen LogP contribution is 2.47. The lowest BCUT2D eigenvalue weighted by Gasteiger charge is -2.51. The van der Waals surface area contributed by atoms with Crippen LogP contribution >= 0.6 is 0 Å². The van der Waals surface area contributed by atoms with E-state index in [4.69, 9.17) is 4.74 Å². The topological polar surface area (TPSA) is 9.23 Å². The predicted octanol–water partition coefficient (Wildman–Crippen LogP) is 8.76. The van der Waals surface area contributed by atoms with E-state index in [1.165, 1.54) is 25.7 Å². The van der Waals surface area contributed by atoms with Crippen molar-refractivity contribution in [3.8, 4) is 0 Å². The molecule has 0 aliphatic carbocycles. The number of hydrogen-bond acceptors (Lipinski definition) is 1. The molecule has 0 aromatic heterocycles. The van der Waals surface area contributed by atoms with Gasteiger partial charge in [-0.05, 0) is 75.0 Å². The van der Waals surface area contributed by atoms with E-state index in [0.717, 1.165) is 11.8 Å². The zero-order valence-corrected chi connectivity index (χ0v) is 21.5. The molecule has 2 unspecified atom stereocenters. The van der Waals surface area contributed by atoms with Gasteiger partial charge < -0.3 is 4.74 Å². The summed E-state index contributed by atoms with van der Waals surface area (Å²) >= 11 is 0. The lowest BCUT2D eigenvalue weighted by atomic mass is 9.66. The Hall–Kier alpha value is -0.0400. The fourth-order valence-corrected chi connectivity index (χ4v) is 5.47. The molecular weight excluding hydrogens is 328 g/mol. The highest BCUT2D eigenvalue weighted by molar-refractivity contribution is 4.94. The molecule has 27 heavy (non-hydrogen) atoms. The van der Waals surface area contributed by atoms with Gasteiger partial charge in [0.15, 0.2) is 0 Å². The summed E-state index contributed by atoms with van der Waals surface area (Å²) in [4.78, 5) is 0. The van der Waals surface area contributed by atoms with Crippen LogP contribution in [0.2, 0.25) is 0 Å². The summed E-state index contributed by atoms with van der Waals surface area (Å²) in [7, 11) is 0. The smallest absolute Gasteiger partial charge is 0.0666 e. The molecule has 0 aliphatic heterocycles. The van der Waals surface area contributed by atoms with Crippen LogP contribution in [0.3, 0.4) is 0 Å². The minimum Gasteiger partial charge on any atom is -0.369 e. The highest BCUT2D eigenvalue weighted by Gasteiger charge is 2.46. The van der Waals surface area contributed by atoms with Gasteiger partial charge in [0.2, 0.25) is 0 Å². The first kappa shape index (κ1) is 27.0. The Kier molecular flexibility index (Phi) is 9.63. The Bertz CT molecular complexity index is 374. The van der Waals surface area contributed by atoms with Crippen molar-refractivity contribution in [2.45, 2.75) is 134 Å². The molecule has 0 heterocycles. The first-order valence-corrected chi connectivity index (χ1v) is 11.5. The molecule has 2 atom stereocenters. The third kappa shape index (κ3) is 9.33. The van der Waals surface area contributed by atoms with E-state index < -0.39 is 0 Å².